The second-order valence-electron chi connectivity index (χ2n) is 8.09. The summed E-state index contributed by atoms with van der Waals surface area (Å²) < 4.78 is 0. The van der Waals surface area contributed by atoms with Crippen LogP contribution in [0.1, 0.15) is 74.9 Å². The van der Waals surface area contributed by atoms with E-state index in [0.29, 0.717) is 0 Å². The highest BCUT2D eigenvalue weighted by molar-refractivity contribution is 5.81. The number of likely N-dealkylation sites (tertiary alicyclic amines) is 1. The van der Waals surface area contributed by atoms with Crippen molar-refractivity contribution in [1.29, 1.82) is 0 Å². The van der Waals surface area contributed by atoms with E-state index in [1.165, 1.54) is 87.5 Å². The maximum atomic E-state index is 4.60. The largest absolute Gasteiger partial charge is 0.375 e. The lowest BCUT2D eigenvalue weighted by molar-refractivity contribution is 0.276. The van der Waals surface area contributed by atoms with Crippen LogP contribution in [0.15, 0.2) is 30.5 Å². The maximum Gasteiger partial charge on any atom is 0.126 e. The third kappa shape index (κ3) is 5.79. The number of allylic oxidation sites excluding steroid dienone is 1. The van der Waals surface area contributed by atoms with E-state index in [4.69, 9.17) is 0 Å². The van der Waals surface area contributed by atoms with Crippen LogP contribution in [0.25, 0.3) is 10.9 Å². The zero-order valence-electron chi connectivity index (χ0n) is 17.3. The van der Waals surface area contributed by atoms with E-state index < -0.39 is 0 Å². The molecular formula is C24H35N3. The first-order valence-electron chi connectivity index (χ1n) is 10.8. The number of aromatic nitrogens is 2. The van der Waals surface area contributed by atoms with Crippen LogP contribution >= 0.6 is 0 Å². The van der Waals surface area contributed by atoms with E-state index in [0.717, 1.165) is 23.5 Å². The predicted octanol–water partition coefficient (Wildman–Crippen LogP) is 6.13. The molecule has 0 spiro atoms. The lowest BCUT2D eigenvalue weighted by Gasteiger charge is -2.30. The van der Waals surface area contributed by atoms with Crippen LogP contribution < -0.4 is 0 Å². The Morgan fingerprint density at radius 2 is 1.70 bits per heavy atom. The summed E-state index contributed by atoms with van der Waals surface area (Å²) in [5, 5.41) is 1.18. The minimum absolute atomic E-state index is 0.864. The summed E-state index contributed by atoms with van der Waals surface area (Å²) in [4.78, 5) is 11.6. The van der Waals surface area contributed by atoms with Crippen molar-refractivity contribution >= 4 is 10.9 Å². The van der Waals surface area contributed by atoms with Gasteiger partial charge in [-0.3, -0.25) is 0 Å². The van der Waals surface area contributed by atoms with E-state index in [9.17, 15) is 0 Å². The first-order valence-corrected chi connectivity index (χ1v) is 10.8. The highest BCUT2D eigenvalue weighted by Gasteiger charge is 2.11. The number of aryl methyl sites for hydroxylation is 3. The summed E-state index contributed by atoms with van der Waals surface area (Å²) >= 11 is 0. The van der Waals surface area contributed by atoms with Gasteiger partial charge in [0.1, 0.15) is 5.82 Å². The van der Waals surface area contributed by atoms with E-state index in [1.54, 1.807) is 0 Å². The number of benzene rings is 1. The van der Waals surface area contributed by atoms with Gasteiger partial charge in [-0.2, -0.15) is 0 Å². The molecule has 2 heterocycles. The summed E-state index contributed by atoms with van der Waals surface area (Å²) in [7, 11) is 0. The number of nitrogens with zero attached hydrogens (tertiary/aromatic N) is 3. The third-order valence-corrected chi connectivity index (χ3v) is 5.80. The molecule has 0 bridgehead atoms. The van der Waals surface area contributed by atoms with Crippen LogP contribution in [-0.4, -0.2) is 28.0 Å². The normalized spacial score (nSPS) is 14.7. The summed E-state index contributed by atoms with van der Waals surface area (Å²) in [5.41, 5.74) is 4.95. The Balaban J connectivity index is 1.33. The van der Waals surface area contributed by atoms with Crippen molar-refractivity contribution in [3.8, 4) is 0 Å². The zero-order valence-corrected chi connectivity index (χ0v) is 17.3. The van der Waals surface area contributed by atoms with Crippen molar-refractivity contribution in [1.82, 2.24) is 14.9 Å². The molecule has 146 valence electrons. The molecule has 0 saturated carbocycles. The van der Waals surface area contributed by atoms with Gasteiger partial charge in [-0.25, -0.2) is 9.97 Å². The zero-order chi connectivity index (χ0) is 19.1. The Morgan fingerprint density at radius 1 is 0.963 bits per heavy atom. The Hall–Kier alpha value is -1.90. The van der Waals surface area contributed by atoms with E-state index in [2.05, 4.69) is 46.6 Å². The van der Waals surface area contributed by atoms with E-state index in [1.807, 2.05) is 6.92 Å². The highest BCUT2D eigenvalue weighted by Crippen LogP contribution is 2.20. The SMILES string of the molecule is C=C(CCCCCCCc1ccc2c(C)nc(C)nc2c1)N1CCCCC1. The van der Waals surface area contributed by atoms with E-state index in [-0.39, 0.29) is 0 Å². The Kier molecular flexibility index (Phi) is 7.25. The van der Waals surface area contributed by atoms with Crippen LogP contribution in [0.4, 0.5) is 0 Å². The fourth-order valence-corrected chi connectivity index (χ4v) is 4.19. The number of fused-ring (bicyclic) bond motifs is 1. The summed E-state index contributed by atoms with van der Waals surface area (Å²) in [6.07, 6.45) is 13.0. The monoisotopic (exact) mass is 365 g/mol. The summed E-state index contributed by atoms with van der Waals surface area (Å²) in [5.74, 6) is 0.864. The molecule has 1 saturated heterocycles. The standard InChI is InChI=1S/C24H35N3/c1-19(27-16-10-7-11-17-27)12-8-5-4-6-9-13-22-14-15-23-20(2)25-21(3)26-24(23)18-22/h14-15,18H,1,4-13,16-17H2,2-3H3. The number of hydrogen-bond acceptors (Lipinski definition) is 3. The van der Waals surface area contributed by atoms with Gasteiger partial charge in [0.25, 0.3) is 0 Å². The molecule has 0 amide bonds. The lowest BCUT2D eigenvalue weighted by Crippen LogP contribution is -2.28. The molecule has 1 aromatic heterocycles. The van der Waals surface area contributed by atoms with Gasteiger partial charge in [0.15, 0.2) is 0 Å². The molecule has 27 heavy (non-hydrogen) atoms. The molecule has 1 aliphatic rings. The second kappa shape index (κ2) is 9.87. The molecule has 0 N–H and O–H groups in total. The molecule has 0 aliphatic carbocycles. The number of rotatable bonds is 9. The second-order valence-corrected chi connectivity index (χ2v) is 8.09. The third-order valence-electron chi connectivity index (χ3n) is 5.80. The first-order chi connectivity index (χ1) is 13.1. The molecule has 0 unspecified atom stereocenters. The molecule has 3 nitrogen and oxygen atoms in total. The van der Waals surface area contributed by atoms with Gasteiger partial charge in [-0.1, -0.05) is 38.0 Å². The first kappa shape index (κ1) is 19.9. The van der Waals surface area contributed by atoms with Gasteiger partial charge < -0.3 is 4.90 Å². The van der Waals surface area contributed by atoms with E-state index >= 15 is 0 Å². The van der Waals surface area contributed by atoms with Crippen molar-refractivity contribution in [2.45, 2.75) is 78.1 Å². The van der Waals surface area contributed by atoms with Gasteiger partial charge in [-0.15, -0.1) is 0 Å². The average molecular weight is 366 g/mol. The summed E-state index contributed by atoms with van der Waals surface area (Å²) in [6.45, 7) is 10.8. The van der Waals surface area contributed by atoms with Crippen molar-refractivity contribution in [3.05, 3.63) is 47.6 Å². The van der Waals surface area contributed by atoms with Gasteiger partial charge >= 0.3 is 0 Å². The van der Waals surface area contributed by atoms with Crippen molar-refractivity contribution in [2.75, 3.05) is 13.1 Å². The van der Waals surface area contributed by atoms with Crippen LogP contribution in [0, 0.1) is 13.8 Å². The molecule has 1 fully saturated rings. The number of piperidine rings is 1. The van der Waals surface area contributed by atoms with Crippen molar-refractivity contribution in [3.63, 3.8) is 0 Å². The topological polar surface area (TPSA) is 29.0 Å². The average Bonchev–Trinajstić information content (AvgIpc) is 2.67. The fourth-order valence-electron chi connectivity index (χ4n) is 4.19. The highest BCUT2D eigenvalue weighted by atomic mass is 15.1. The van der Waals surface area contributed by atoms with Crippen molar-refractivity contribution in [2.24, 2.45) is 0 Å². The number of unbranched alkanes of at least 4 members (excludes halogenated alkanes) is 4. The van der Waals surface area contributed by atoms with Crippen LogP contribution in [0.5, 0.6) is 0 Å². The lowest BCUT2D eigenvalue weighted by atomic mass is 10.0. The predicted molar refractivity (Wildman–Crippen MR) is 115 cm³/mol. The Labute approximate surface area is 164 Å². The molecule has 3 heteroatoms. The van der Waals surface area contributed by atoms with Gasteiger partial charge in [0.2, 0.25) is 0 Å². The fraction of sp³-hybridized carbons (Fsp3) is 0.583. The van der Waals surface area contributed by atoms with Crippen LogP contribution in [-0.2, 0) is 6.42 Å². The quantitative estimate of drug-likeness (QED) is 0.501. The van der Waals surface area contributed by atoms with Crippen molar-refractivity contribution < 1.29 is 0 Å². The Morgan fingerprint density at radius 3 is 2.52 bits per heavy atom. The molecular weight excluding hydrogens is 330 g/mol. The minimum atomic E-state index is 0.864. The smallest absolute Gasteiger partial charge is 0.126 e. The number of hydrogen-bond donors (Lipinski definition) is 0. The van der Waals surface area contributed by atoms with Gasteiger partial charge in [0, 0.05) is 29.9 Å². The minimum Gasteiger partial charge on any atom is -0.375 e. The molecule has 0 radical (unpaired) electrons. The van der Waals surface area contributed by atoms with Gasteiger partial charge in [-0.05, 0) is 70.4 Å². The van der Waals surface area contributed by atoms with Gasteiger partial charge in [0.05, 0.1) is 5.52 Å². The van der Waals surface area contributed by atoms with Crippen LogP contribution in [0.3, 0.4) is 0 Å². The molecule has 2 aromatic rings. The maximum absolute atomic E-state index is 4.60. The molecule has 1 aliphatic heterocycles. The van der Waals surface area contributed by atoms with Crippen LogP contribution in [0.2, 0.25) is 0 Å². The molecule has 1 aromatic carbocycles. The molecule has 0 atom stereocenters. The Bertz CT molecular complexity index is 760. The summed E-state index contributed by atoms with van der Waals surface area (Å²) in [6, 6.07) is 6.68. The molecule has 3 rings (SSSR count).